The fourth-order valence-corrected chi connectivity index (χ4v) is 2.01. The van der Waals surface area contributed by atoms with Gasteiger partial charge in [0.1, 0.15) is 6.54 Å². The monoisotopic (exact) mass is 264 g/mol. The van der Waals surface area contributed by atoms with Gasteiger partial charge in [-0.2, -0.15) is 0 Å². The first-order valence-corrected chi connectivity index (χ1v) is 6.23. The normalized spacial score (nSPS) is 10.8. The van der Waals surface area contributed by atoms with Crippen LogP contribution in [0.4, 0.5) is 0 Å². The summed E-state index contributed by atoms with van der Waals surface area (Å²) in [6.45, 7) is 4.83. The van der Waals surface area contributed by atoms with Gasteiger partial charge in [0, 0.05) is 19.8 Å². The quantitative estimate of drug-likeness (QED) is 0.861. The molecule has 0 fully saturated rings. The van der Waals surface area contributed by atoms with Crippen LogP contribution in [0.3, 0.4) is 0 Å². The molecule has 18 heavy (non-hydrogen) atoms. The molecule has 2 aromatic rings. The summed E-state index contributed by atoms with van der Waals surface area (Å²) in [5, 5.41) is 0. The first-order valence-electron chi connectivity index (χ1n) is 5.82. The lowest BCUT2D eigenvalue weighted by molar-refractivity contribution is -0.130. The van der Waals surface area contributed by atoms with Gasteiger partial charge in [0.05, 0.1) is 5.52 Å². The standard InChI is InChI=1S/C12H16N4OS/c1-4-15(3)9(17)7-16-11-10(14-12(16)18)8(2)5-6-13-11/h5-6H,4,7H2,1-3H3,(H,14,18). The molecule has 5 nitrogen and oxygen atoms in total. The number of nitrogens with zero attached hydrogens (tertiary/aromatic N) is 3. The summed E-state index contributed by atoms with van der Waals surface area (Å²) in [4.78, 5) is 21.0. The number of carbonyl (C=O) groups excluding carboxylic acids is 1. The molecule has 2 heterocycles. The van der Waals surface area contributed by atoms with Gasteiger partial charge in [-0.15, -0.1) is 0 Å². The van der Waals surface area contributed by atoms with E-state index < -0.39 is 0 Å². The first kappa shape index (κ1) is 12.8. The van der Waals surface area contributed by atoms with Crippen LogP contribution in [0, 0.1) is 11.7 Å². The number of aryl methyl sites for hydroxylation is 1. The lowest BCUT2D eigenvalue weighted by Gasteiger charge is -2.14. The third kappa shape index (κ3) is 2.15. The number of hydrogen-bond acceptors (Lipinski definition) is 3. The van der Waals surface area contributed by atoms with E-state index in [-0.39, 0.29) is 12.5 Å². The van der Waals surface area contributed by atoms with Gasteiger partial charge in [0.2, 0.25) is 5.91 Å². The number of aromatic amines is 1. The Morgan fingerprint density at radius 1 is 1.61 bits per heavy atom. The van der Waals surface area contributed by atoms with Crippen LogP contribution < -0.4 is 0 Å². The maximum Gasteiger partial charge on any atom is 0.242 e. The van der Waals surface area contributed by atoms with Crippen molar-refractivity contribution >= 4 is 29.3 Å². The van der Waals surface area contributed by atoms with E-state index in [1.54, 1.807) is 22.7 Å². The summed E-state index contributed by atoms with van der Waals surface area (Å²) in [7, 11) is 1.78. The predicted octanol–water partition coefficient (Wildman–Crippen LogP) is 1.88. The first-order chi connectivity index (χ1) is 8.54. The van der Waals surface area contributed by atoms with Crippen molar-refractivity contribution in [3.05, 3.63) is 22.6 Å². The van der Waals surface area contributed by atoms with Crippen molar-refractivity contribution in [2.45, 2.75) is 20.4 Å². The summed E-state index contributed by atoms with van der Waals surface area (Å²) in [6.07, 6.45) is 1.73. The average molecular weight is 264 g/mol. The average Bonchev–Trinajstić information content (AvgIpc) is 2.67. The number of amides is 1. The Balaban J connectivity index is 2.46. The van der Waals surface area contributed by atoms with Crippen molar-refractivity contribution in [2.24, 2.45) is 0 Å². The van der Waals surface area contributed by atoms with Gasteiger partial charge in [-0.1, -0.05) is 0 Å². The van der Waals surface area contributed by atoms with Crippen molar-refractivity contribution in [3.63, 3.8) is 0 Å². The summed E-state index contributed by atoms with van der Waals surface area (Å²) in [5.74, 6) is 0.0257. The van der Waals surface area contributed by atoms with Gasteiger partial charge >= 0.3 is 0 Å². The third-order valence-corrected chi connectivity index (χ3v) is 3.39. The number of H-pyrrole nitrogens is 1. The number of likely N-dealkylation sites (N-methyl/N-ethyl adjacent to an activating group) is 1. The van der Waals surface area contributed by atoms with Gasteiger partial charge in [0.25, 0.3) is 0 Å². The van der Waals surface area contributed by atoms with Crippen LogP contribution in [-0.2, 0) is 11.3 Å². The summed E-state index contributed by atoms with van der Waals surface area (Å²) >= 11 is 5.25. The number of aromatic nitrogens is 3. The molecule has 0 aliphatic heterocycles. The number of pyridine rings is 1. The molecule has 0 saturated heterocycles. The molecule has 2 aromatic heterocycles. The molecule has 96 valence electrons. The molecule has 2 rings (SSSR count). The Morgan fingerprint density at radius 2 is 2.33 bits per heavy atom. The molecular formula is C12H16N4OS. The maximum atomic E-state index is 11.9. The minimum Gasteiger partial charge on any atom is -0.344 e. The van der Waals surface area contributed by atoms with Gasteiger partial charge in [-0.25, -0.2) is 4.98 Å². The van der Waals surface area contributed by atoms with Crippen LogP contribution in [0.15, 0.2) is 12.3 Å². The third-order valence-electron chi connectivity index (χ3n) is 3.07. The predicted molar refractivity (Wildman–Crippen MR) is 73.0 cm³/mol. The number of fused-ring (bicyclic) bond motifs is 1. The van der Waals surface area contributed by atoms with E-state index in [0.29, 0.717) is 11.3 Å². The Kier molecular flexibility index (Phi) is 3.47. The highest BCUT2D eigenvalue weighted by Crippen LogP contribution is 2.15. The van der Waals surface area contributed by atoms with Gasteiger partial charge < -0.3 is 9.88 Å². The summed E-state index contributed by atoms with van der Waals surface area (Å²) in [5.41, 5.74) is 2.70. The number of imidazole rings is 1. The number of hydrogen-bond donors (Lipinski definition) is 1. The van der Waals surface area contributed by atoms with E-state index in [4.69, 9.17) is 12.2 Å². The van der Waals surface area contributed by atoms with Crippen molar-refractivity contribution in [2.75, 3.05) is 13.6 Å². The highest BCUT2D eigenvalue weighted by atomic mass is 32.1. The second-order valence-electron chi connectivity index (χ2n) is 4.25. The van der Waals surface area contributed by atoms with Crippen LogP contribution in [0.2, 0.25) is 0 Å². The van der Waals surface area contributed by atoms with E-state index in [2.05, 4.69) is 9.97 Å². The van der Waals surface area contributed by atoms with Crippen LogP contribution >= 0.6 is 12.2 Å². The molecule has 0 atom stereocenters. The molecule has 0 spiro atoms. The lowest BCUT2D eigenvalue weighted by Crippen LogP contribution is -2.29. The second kappa shape index (κ2) is 4.89. The summed E-state index contributed by atoms with van der Waals surface area (Å²) in [6, 6.07) is 1.91. The van der Waals surface area contributed by atoms with Crippen LogP contribution in [0.1, 0.15) is 12.5 Å². The molecule has 0 aliphatic carbocycles. The highest BCUT2D eigenvalue weighted by molar-refractivity contribution is 7.71. The van der Waals surface area contributed by atoms with Gasteiger partial charge in [-0.3, -0.25) is 9.36 Å². The van der Waals surface area contributed by atoms with E-state index in [1.165, 1.54) is 0 Å². The molecule has 0 radical (unpaired) electrons. The zero-order chi connectivity index (χ0) is 13.3. The SMILES string of the molecule is CCN(C)C(=O)Cn1c(=S)[nH]c2c(C)ccnc21. The van der Waals surface area contributed by atoms with E-state index >= 15 is 0 Å². The number of rotatable bonds is 3. The Bertz CT molecular complexity index is 643. The molecule has 0 bridgehead atoms. The van der Waals surface area contributed by atoms with Gasteiger partial charge in [-0.05, 0) is 37.7 Å². The second-order valence-corrected chi connectivity index (χ2v) is 4.64. The number of carbonyl (C=O) groups is 1. The Morgan fingerprint density at radius 3 is 3.00 bits per heavy atom. The van der Waals surface area contributed by atoms with E-state index in [1.807, 2.05) is 19.9 Å². The molecule has 1 amide bonds. The molecule has 1 N–H and O–H groups in total. The van der Waals surface area contributed by atoms with Gasteiger partial charge in [0.15, 0.2) is 10.4 Å². The zero-order valence-electron chi connectivity index (χ0n) is 10.7. The molecular weight excluding hydrogens is 248 g/mol. The van der Waals surface area contributed by atoms with Crippen molar-refractivity contribution in [3.8, 4) is 0 Å². The van der Waals surface area contributed by atoms with Crippen molar-refractivity contribution < 1.29 is 4.79 Å². The fraction of sp³-hybridized carbons (Fsp3) is 0.417. The van der Waals surface area contributed by atoms with Crippen molar-refractivity contribution in [1.29, 1.82) is 0 Å². The van der Waals surface area contributed by atoms with Crippen molar-refractivity contribution in [1.82, 2.24) is 19.4 Å². The van der Waals surface area contributed by atoms with E-state index in [9.17, 15) is 4.79 Å². The molecule has 6 heteroatoms. The minimum atomic E-state index is 0.0257. The molecule has 0 saturated carbocycles. The minimum absolute atomic E-state index is 0.0257. The van der Waals surface area contributed by atoms with Crippen LogP contribution in [0.5, 0.6) is 0 Å². The Labute approximate surface area is 110 Å². The fourth-order valence-electron chi connectivity index (χ4n) is 1.75. The Hall–Kier alpha value is -1.69. The molecule has 0 unspecified atom stereocenters. The maximum absolute atomic E-state index is 11.9. The van der Waals surface area contributed by atoms with E-state index in [0.717, 1.165) is 16.7 Å². The zero-order valence-corrected chi connectivity index (χ0v) is 11.5. The number of nitrogens with one attached hydrogen (secondary N) is 1. The topological polar surface area (TPSA) is 53.9 Å². The largest absolute Gasteiger partial charge is 0.344 e. The van der Waals surface area contributed by atoms with Crippen LogP contribution in [0.25, 0.3) is 11.2 Å². The smallest absolute Gasteiger partial charge is 0.242 e. The highest BCUT2D eigenvalue weighted by Gasteiger charge is 2.13. The molecule has 0 aliphatic rings. The van der Waals surface area contributed by atoms with Crippen LogP contribution in [-0.4, -0.2) is 38.9 Å². The lowest BCUT2D eigenvalue weighted by atomic mass is 10.3. The molecule has 0 aromatic carbocycles. The summed E-state index contributed by atoms with van der Waals surface area (Å²) < 4.78 is 2.27.